The van der Waals surface area contributed by atoms with Crippen molar-refractivity contribution in [3.63, 3.8) is 0 Å². The molecule has 0 bridgehead atoms. The lowest BCUT2D eigenvalue weighted by atomic mass is 10.1. The summed E-state index contributed by atoms with van der Waals surface area (Å²) in [5.74, 6) is 0. The van der Waals surface area contributed by atoms with E-state index in [1.807, 2.05) is 48.7 Å². The van der Waals surface area contributed by atoms with Crippen LogP contribution in [-0.2, 0) is 10.0 Å². The van der Waals surface area contributed by atoms with Gasteiger partial charge >= 0.3 is 0 Å². The van der Waals surface area contributed by atoms with Crippen molar-refractivity contribution in [1.82, 2.24) is 9.78 Å². The lowest BCUT2D eigenvalue weighted by Crippen LogP contribution is -2.12. The van der Waals surface area contributed by atoms with Gasteiger partial charge in [-0.2, -0.15) is 5.10 Å². The number of rotatable bonds is 5. The number of nitrogens with two attached hydrogens (primary N) is 1. The van der Waals surface area contributed by atoms with Crippen LogP contribution >= 0.6 is 23.4 Å². The maximum Gasteiger partial charge on any atom is 0.238 e. The van der Waals surface area contributed by atoms with Crippen LogP contribution in [0.5, 0.6) is 0 Å². The predicted molar refractivity (Wildman–Crippen MR) is 123 cm³/mol. The van der Waals surface area contributed by atoms with Crippen LogP contribution in [0.2, 0.25) is 5.02 Å². The Labute approximate surface area is 184 Å². The number of halogens is 1. The molecule has 1 heterocycles. The van der Waals surface area contributed by atoms with Crippen molar-refractivity contribution in [2.75, 3.05) is 6.26 Å². The smallest absolute Gasteiger partial charge is 0.232 e. The van der Waals surface area contributed by atoms with Gasteiger partial charge in [-0.15, -0.1) is 11.8 Å². The molecule has 5 nitrogen and oxygen atoms in total. The fourth-order valence-electron chi connectivity index (χ4n) is 3.10. The van der Waals surface area contributed by atoms with E-state index < -0.39 is 10.0 Å². The summed E-state index contributed by atoms with van der Waals surface area (Å²) in [6.45, 7) is 0. The van der Waals surface area contributed by atoms with E-state index in [0.717, 1.165) is 33.1 Å². The fraction of sp³-hybridized carbons (Fsp3) is 0.0455. The zero-order valence-electron chi connectivity index (χ0n) is 16.0. The summed E-state index contributed by atoms with van der Waals surface area (Å²) >= 11 is 7.73. The molecule has 3 aromatic carbocycles. The summed E-state index contributed by atoms with van der Waals surface area (Å²) in [5, 5.41) is 10.7. The average molecular weight is 456 g/mol. The van der Waals surface area contributed by atoms with Gasteiger partial charge in [-0.3, -0.25) is 0 Å². The molecule has 4 rings (SSSR count). The zero-order valence-corrected chi connectivity index (χ0v) is 18.4. The molecule has 4 aromatic rings. The van der Waals surface area contributed by atoms with Crippen molar-refractivity contribution in [3.8, 4) is 28.2 Å². The van der Waals surface area contributed by atoms with Crippen LogP contribution in [0.3, 0.4) is 0 Å². The number of nitrogens with zero attached hydrogens (tertiary/aromatic N) is 2. The highest BCUT2D eigenvalue weighted by atomic mass is 35.5. The fourth-order valence-corrected chi connectivity index (χ4v) is 4.21. The van der Waals surface area contributed by atoms with Gasteiger partial charge in [0.25, 0.3) is 0 Å². The molecule has 152 valence electrons. The molecule has 0 atom stereocenters. The number of hydrogen-bond donors (Lipinski definition) is 1. The Balaban J connectivity index is 1.87. The van der Waals surface area contributed by atoms with Crippen LogP contribution in [0, 0.1) is 0 Å². The third-order valence-electron chi connectivity index (χ3n) is 4.62. The lowest BCUT2D eigenvalue weighted by molar-refractivity contribution is 0.598. The number of thioether (sulfide) groups is 1. The Morgan fingerprint density at radius 1 is 0.933 bits per heavy atom. The highest BCUT2D eigenvalue weighted by molar-refractivity contribution is 7.98. The second kappa shape index (κ2) is 8.28. The number of sulfonamides is 1. The molecule has 2 N–H and O–H groups in total. The van der Waals surface area contributed by atoms with Gasteiger partial charge < -0.3 is 0 Å². The number of benzene rings is 3. The first-order valence-corrected chi connectivity index (χ1v) is 12.1. The summed E-state index contributed by atoms with van der Waals surface area (Å²) in [6, 6.07) is 24.0. The molecule has 30 heavy (non-hydrogen) atoms. The Kier molecular flexibility index (Phi) is 5.71. The molecule has 0 radical (unpaired) electrons. The van der Waals surface area contributed by atoms with Crippen molar-refractivity contribution in [1.29, 1.82) is 0 Å². The molecule has 8 heteroatoms. The standard InChI is InChI=1S/C22H18ClN3O2S2/c1-29-19-4-2-3-16(13-19)21-14-22(15-5-7-17(23)8-6-15)26(25-21)18-9-11-20(12-10-18)30(24,27)28/h2-14H,1H3,(H2,24,27,28). The quantitative estimate of drug-likeness (QED) is 0.418. The Morgan fingerprint density at radius 2 is 1.63 bits per heavy atom. The van der Waals surface area contributed by atoms with E-state index in [-0.39, 0.29) is 4.90 Å². The molecule has 0 fully saturated rings. The first-order chi connectivity index (χ1) is 14.3. The third kappa shape index (κ3) is 4.29. The SMILES string of the molecule is CSc1cccc(-c2cc(-c3ccc(Cl)cc3)n(-c3ccc(S(N)(=O)=O)cc3)n2)c1. The van der Waals surface area contributed by atoms with Crippen molar-refractivity contribution < 1.29 is 8.42 Å². The Morgan fingerprint density at radius 3 is 2.27 bits per heavy atom. The second-order valence-electron chi connectivity index (χ2n) is 6.60. The predicted octanol–water partition coefficient (Wildman–Crippen LogP) is 5.23. The molecular weight excluding hydrogens is 438 g/mol. The summed E-state index contributed by atoms with van der Waals surface area (Å²) in [5.41, 5.74) is 4.33. The monoisotopic (exact) mass is 455 g/mol. The molecule has 0 aliphatic rings. The van der Waals surface area contributed by atoms with E-state index in [1.165, 1.54) is 12.1 Å². The minimum atomic E-state index is -3.76. The first-order valence-electron chi connectivity index (χ1n) is 8.99. The molecule has 0 aliphatic carbocycles. The molecule has 1 aromatic heterocycles. The largest absolute Gasteiger partial charge is 0.238 e. The maximum absolute atomic E-state index is 11.6. The van der Waals surface area contributed by atoms with Gasteiger partial charge in [-0.05, 0) is 60.9 Å². The maximum atomic E-state index is 11.6. The topological polar surface area (TPSA) is 78.0 Å². The van der Waals surface area contributed by atoms with Crippen molar-refractivity contribution in [2.45, 2.75) is 9.79 Å². The van der Waals surface area contributed by atoms with Gasteiger partial charge in [0.05, 0.1) is 22.0 Å². The van der Waals surface area contributed by atoms with E-state index in [0.29, 0.717) is 5.02 Å². The summed E-state index contributed by atoms with van der Waals surface area (Å²) in [7, 11) is -3.76. The first kappa shape index (κ1) is 20.7. The summed E-state index contributed by atoms with van der Waals surface area (Å²) in [6.07, 6.45) is 2.03. The van der Waals surface area contributed by atoms with Crippen LogP contribution in [0.25, 0.3) is 28.2 Å². The van der Waals surface area contributed by atoms with E-state index in [9.17, 15) is 8.42 Å². The van der Waals surface area contributed by atoms with E-state index >= 15 is 0 Å². The Bertz CT molecular complexity index is 1300. The van der Waals surface area contributed by atoms with Gasteiger partial charge in [-0.25, -0.2) is 18.2 Å². The number of hydrogen-bond acceptors (Lipinski definition) is 4. The molecule has 0 amide bonds. The molecule has 0 spiro atoms. The van der Waals surface area contributed by atoms with Gasteiger partial charge in [-0.1, -0.05) is 35.9 Å². The second-order valence-corrected chi connectivity index (χ2v) is 9.48. The van der Waals surface area contributed by atoms with Crippen LogP contribution in [0.4, 0.5) is 0 Å². The average Bonchev–Trinajstić information content (AvgIpc) is 3.19. The highest BCUT2D eigenvalue weighted by Crippen LogP contribution is 2.31. The minimum Gasteiger partial charge on any atom is -0.232 e. The van der Waals surface area contributed by atoms with Crippen molar-refractivity contribution in [3.05, 3.63) is 83.9 Å². The molecule has 0 unspecified atom stereocenters. The van der Waals surface area contributed by atoms with Gasteiger partial charge in [0.1, 0.15) is 0 Å². The van der Waals surface area contributed by atoms with Crippen molar-refractivity contribution in [2.24, 2.45) is 5.14 Å². The summed E-state index contributed by atoms with van der Waals surface area (Å²) in [4.78, 5) is 1.20. The molecule has 0 aliphatic heterocycles. The number of aromatic nitrogens is 2. The number of primary sulfonamides is 1. The van der Waals surface area contributed by atoms with Gasteiger partial charge in [0.2, 0.25) is 10.0 Å². The van der Waals surface area contributed by atoms with Crippen LogP contribution in [-0.4, -0.2) is 24.5 Å². The highest BCUT2D eigenvalue weighted by Gasteiger charge is 2.15. The van der Waals surface area contributed by atoms with E-state index in [2.05, 4.69) is 12.1 Å². The van der Waals surface area contributed by atoms with Gasteiger partial charge in [0, 0.05) is 21.0 Å². The van der Waals surface area contributed by atoms with Crippen molar-refractivity contribution >= 4 is 33.4 Å². The molecule has 0 saturated heterocycles. The third-order valence-corrected chi connectivity index (χ3v) is 6.53. The minimum absolute atomic E-state index is 0.0549. The molecule has 0 saturated carbocycles. The van der Waals surface area contributed by atoms with E-state index in [1.54, 1.807) is 28.6 Å². The summed E-state index contributed by atoms with van der Waals surface area (Å²) < 4.78 is 25.0. The van der Waals surface area contributed by atoms with Crippen LogP contribution in [0.1, 0.15) is 0 Å². The zero-order chi connectivity index (χ0) is 21.3. The van der Waals surface area contributed by atoms with E-state index in [4.69, 9.17) is 21.8 Å². The lowest BCUT2D eigenvalue weighted by Gasteiger charge is -2.08. The normalized spacial score (nSPS) is 11.6. The van der Waals surface area contributed by atoms with Crippen LogP contribution in [0.15, 0.2) is 88.7 Å². The van der Waals surface area contributed by atoms with Gasteiger partial charge in [0.15, 0.2) is 0 Å². The Hall–Kier alpha value is -2.58. The molecular formula is C22H18ClN3O2S2. The van der Waals surface area contributed by atoms with Crippen LogP contribution < -0.4 is 5.14 Å².